The Morgan fingerprint density at radius 1 is 1.22 bits per heavy atom. The maximum atomic E-state index is 5.53. The van der Waals surface area contributed by atoms with Crippen LogP contribution < -0.4 is 5.32 Å². The second kappa shape index (κ2) is 5.83. The van der Waals surface area contributed by atoms with Gasteiger partial charge in [-0.15, -0.1) is 0 Å². The molecule has 0 amide bonds. The van der Waals surface area contributed by atoms with Crippen molar-refractivity contribution in [1.29, 1.82) is 0 Å². The van der Waals surface area contributed by atoms with Crippen LogP contribution in [-0.2, 0) is 11.3 Å². The van der Waals surface area contributed by atoms with Gasteiger partial charge >= 0.3 is 0 Å². The number of piperazine rings is 1. The predicted molar refractivity (Wildman–Crippen MR) is 72.8 cm³/mol. The quantitative estimate of drug-likeness (QED) is 0.876. The number of ether oxygens (including phenoxy) is 1. The predicted octanol–water partition coefficient (Wildman–Crippen LogP) is 1.60. The largest absolute Gasteiger partial charge is 0.381 e. The molecule has 3 nitrogen and oxygen atoms in total. The van der Waals surface area contributed by atoms with Crippen LogP contribution in [0.4, 0.5) is 0 Å². The van der Waals surface area contributed by atoms with Crippen molar-refractivity contribution in [1.82, 2.24) is 10.2 Å². The summed E-state index contributed by atoms with van der Waals surface area (Å²) < 4.78 is 5.53. The molecule has 1 atom stereocenters. The lowest BCUT2D eigenvalue weighted by molar-refractivity contribution is 0.193. The van der Waals surface area contributed by atoms with E-state index in [1.54, 1.807) is 0 Å². The molecular formula is C15H22N2O. The van der Waals surface area contributed by atoms with Gasteiger partial charge in [0.2, 0.25) is 0 Å². The third-order valence-electron chi connectivity index (χ3n) is 4.03. The first-order valence-corrected chi connectivity index (χ1v) is 7.02. The van der Waals surface area contributed by atoms with Crippen molar-refractivity contribution in [3.63, 3.8) is 0 Å². The fraction of sp³-hybridized carbons (Fsp3) is 0.600. The van der Waals surface area contributed by atoms with E-state index in [1.807, 2.05) is 0 Å². The summed E-state index contributed by atoms with van der Waals surface area (Å²) in [4.78, 5) is 2.55. The van der Waals surface area contributed by atoms with Crippen LogP contribution >= 0.6 is 0 Å². The van der Waals surface area contributed by atoms with Gasteiger partial charge in [0.1, 0.15) is 0 Å². The molecule has 2 saturated heterocycles. The van der Waals surface area contributed by atoms with E-state index in [9.17, 15) is 0 Å². The summed E-state index contributed by atoms with van der Waals surface area (Å²) >= 11 is 0. The Morgan fingerprint density at radius 3 is 2.83 bits per heavy atom. The molecule has 1 aromatic rings. The van der Waals surface area contributed by atoms with Crippen LogP contribution in [0.15, 0.2) is 24.3 Å². The number of nitrogens with zero attached hydrogens (tertiary/aromatic N) is 1. The molecule has 98 valence electrons. The van der Waals surface area contributed by atoms with Crippen LogP contribution in [0.2, 0.25) is 0 Å². The van der Waals surface area contributed by atoms with Crippen molar-refractivity contribution >= 4 is 0 Å². The van der Waals surface area contributed by atoms with Gasteiger partial charge in [-0.2, -0.15) is 0 Å². The maximum Gasteiger partial charge on any atom is 0.0535 e. The van der Waals surface area contributed by atoms with Gasteiger partial charge in [-0.05, 0) is 17.5 Å². The molecule has 0 spiro atoms. The van der Waals surface area contributed by atoms with Crippen LogP contribution in [-0.4, -0.2) is 44.3 Å². The Bertz CT molecular complexity index is 382. The van der Waals surface area contributed by atoms with Gasteiger partial charge in [0, 0.05) is 45.2 Å². The van der Waals surface area contributed by atoms with Crippen LogP contribution in [0.3, 0.4) is 0 Å². The molecule has 2 aliphatic rings. The van der Waals surface area contributed by atoms with Gasteiger partial charge in [-0.25, -0.2) is 0 Å². The molecular weight excluding hydrogens is 224 g/mol. The summed E-state index contributed by atoms with van der Waals surface area (Å²) in [6.45, 7) is 7.48. The lowest BCUT2D eigenvalue weighted by atomic mass is 9.93. The Hall–Kier alpha value is -0.900. The minimum absolute atomic E-state index is 0.615. The van der Waals surface area contributed by atoms with Crippen molar-refractivity contribution in [3.05, 3.63) is 35.4 Å². The number of hydrogen-bond donors (Lipinski definition) is 1. The van der Waals surface area contributed by atoms with Crippen molar-refractivity contribution in [2.75, 3.05) is 39.4 Å². The van der Waals surface area contributed by atoms with E-state index in [0.717, 1.165) is 45.9 Å². The molecule has 1 unspecified atom stereocenters. The average molecular weight is 246 g/mol. The molecule has 0 saturated carbocycles. The lowest BCUT2D eigenvalue weighted by Gasteiger charge is -2.28. The van der Waals surface area contributed by atoms with Gasteiger partial charge in [0.25, 0.3) is 0 Å². The maximum absolute atomic E-state index is 5.53. The summed E-state index contributed by atoms with van der Waals surface area (Å²) in [5.74, 6) is 0.615. The van der Waals surface area contributed by atoms with Crippen LogP contribution in [0.1, 0.15) is 23.5 Å². The molecule has 18 heavy (non-hydrogen) atoms. The molecule has 0 aliphatic carbocycles. The standard InChI is InChI=1S/C15H22N2O/c1-2-4-15(14-5-10-18-12-14)13(3-1)11-17-8-6-16-7-9-17/h1-4,14,16H,5-12H2. The van der Waals surface area contributed by atoms with Crippen molar-refractivity contribution in [2.45, 2.75) is 18.9 Å². The molecule has 3 rings (SSSR count). The number of nitrogens with one attached hydrogen (secondary N) is 1. The van der Waals surface area contributed by atoms with Crippen LogP contribution in [0.5, 0.6) is 0 Å². The first kappa shape index (κ1) is 12.2. The van der Waals surface area contributed by atoms with Gasteiger partial charge in [-0.3, -0.25) is 4.90 Å². The fourth-order valence-corrected chi connectivity index (χ4v) is 2.97. The molecule has 3 heteroatoms. The van der Waals surface area contributed by atoms with Gasteiger partial charge in [0.15, 0.2) is 0 Å². The summed E-state index contributed by atoms with van der Waals surface area (Å²) in [6, 6.07) is 8.90. The highest BCUT2D eigenvalue weighted by Gasteiger charge is 2.21. The third kappa shape index (κ3) is 2.74. The van der Waals surface area contributed by atoms with E-state index in [0.29, 0.717) is 5.92 Å². The van der Waals surface area contributed by atoms with E-state index in [-0.39, 0.29) is 0 Å². The summed E-state index contributed by atoms with van der Waals surface area (Å²) in [5.41, 5.74) is 3.00. The van der Waals surface area contributed by atoms with Crippen LogP contribution in [0.25, 0.3) is 0 Å². The summed E-state index contributed by atoms with van der Waals surface area (Å²) in [7, 11) is 0. The highest BCUT2D eigenvalue weighted by atomic mass is 16.5. The van der Waals surface area contributed by atoms with Crippen molar-refractivity contribution in [3.8, 4) is 0 Å². The smallest absolute Gasteiger partial charge is 0.0535 e. The summed E-state index contributed by atoms with van der Waals surface area (Å²) in [6.07, 6.45) is 1.18. The first-order valence-electron chi connectivity index (χ1n) is 7.02. The van der Waals surface area contributed by atoms with Gasteiger partial charge < -0.3 is 10.1 Å². The zero-order valence-corrected chi connectivity index (χ0v) is 10.9. The minimum Gasteiger partial charge on any atom is -0.381 e. The van der Waals surface area contributed by atoms with Crippen LogP contribution in [0, 0.1) is 0 Å². The first-order chi connectivity index (χ1) is 8.93. The van der Waals surface area contributed by atoms with E-state index in [2.05, 4.69) is 34.5 Å². The fourth-order valence-electron chi connectivity index (χ4n) is 2.97. The van der Waals surface area contributed by atoms with Gasteiger partial charge in [-0.1, -0.05) is 24.3 Å². The molecule has 2 aliphatic heterocycles. The Labute approximate surface area is 109 Å². The van der Waals surface area contributed by atoms with Gasteiger partial charge in [0.05, 0.1) is 6.61 Å². The molecule has 2 heterocycles. The average Bonchev–Trinajstić information content (AvgIpc) is 2.94. The number of hydrogen-bond acceptors (Lipinski definition) is 3. The van der Waals surface area contributed by atoms with E-state index < -0.39 is 0 Å². The second-order valence-electron chi connectivity index (χ2n) is 5.29. The molecule has 0 bridgehead atoms. The normalized spacial score (nSPS) is 25.4. The van der Waals surface area contributed by atoms with Crippen molar-refractivity contribution < 1.29 is 4.74 Å². The Kier molecular flexibility index (Phi) is 3.93. The molecule has 1 aromatic carbocycles. The highest BCUT2D eigenvalue weighted by Crippen LogP contribution is 2.28. The molecule has 2 fully saturated rings. The van der Waals surface area contributed by atoms with E-state index in [4.69, 9.17) is 4.74 Å². The van der Waals surface area contributed by atoms with E-state index >= 15 is 0 Å². The number of benzene rings is 1. The highest BCUT2D eigenvalue weighted by molar-refractivity contribution is 5.31. The minimum atomic E-state index is 0.615. The monoisotopic (exact) mass is 246 g/mol. The zero-order valence-electron chi connectivity index (χ0n) is 10.9. The zero-order chi connectivity index (χ0) is 12.2. The molecule has 0 radical (unpaired) electrons. The lowest BCUT2D eigenvalue weighted by Crippen LogP contribution is -2.43. The Balaban J connectivity index is 1.73. The third-order valence-corrected chi connectivity index (χ3v) is 4.03. The SMILES string of the molecule is c1ccc(C2CCOC2)c(CN2CCNCC2)c1. The number of rotatable bonds is 3. The molecule has 1 N–H and O–H groups in total. The topological polar surface area (TPSA) is 24.5 Å². The molecule has 0 aromatic heterocycles. The summed E-state index contributed by atoms with van der Waals surface area (Å²) in [5, 5.41) is 3.41. The second-order valence-corrected chi connectivity index (χ2v) is 5.29. The van der Waals surface area contributed by atoms with E-state index in [1.165, 1.54) is 17.5 Å². The Morgan fingerprint density at radius 2 is 2.06 bits per heavy atom. The van der Waals surface area contributed by atoms with Crippen molar-refractivity contribution in [2.24, 2.45) is 0 Å².